The molecule has 1 aromatic rings. The first-order chi connectivity index (χ1) is 7.61. The first-order valence-electron chi connectivity index (χ1n) is 4.88. The molecule has 0 radical (unpaired) electrons. The fraction of sp³-hybridized carbons (Fsp3) is 0.273. The van der Waals surface area contributed by atoms with E-state index < -0.39 is 12.1 Å². The van der Waals surface area contributed by atoms with Gasteiger partial charge in [0.15, 0.2) is 0 Å². The van der Waals surface area contributed by atoms with Crippen LogP contribution < -0.4 is 4.90 Å². The first kappa shape index (κ1) is 10.5. The second-order valence-corrected chi connectivity index (χ2v) is 3.52. The van der Waals surface area contributed by atoms with Crippen LogP contribution in [0.2, 0.25) is 0 Å². The highest BCUT2D eigenvalue weighted by molar-refractivity contribution is 5.95. The lowest BCUT2D eigenvalue weighted by molar-refractivity contribution is 0.0696. The predicted octanol–water partition coefficient (Wildman–Crippen LogP) is 1.65. The zero-order chi connectivity index (χ0) is 11.7. The molecule has 0 spiro atoms. The van der Waals surface area contributed by atoms with E-state index in [0.717, 1.165) is 0 Å². The standard InChI is InChI=1S/C11H11NO4/c1-7-8(10(13)14)3-2-4-9(7)12-5-6-16-11(12)15/h2-4H,5-6H2,1H3,(H,13,14). The summed E-state index contributed by atoms with van der Waals surface area (Å²) in [5.74, 6) is -0.994. The van der Waals surface area contributed by atoms with Gasteiger partial charge in [-0.25, -0.2) is 9.59 Å². The Labute approximate surface area is 92.2 Å². The van der Waals surface area contributed by atoms with Crippen LogP contribution in [0.25, 0.3) is 0 Å². The van der Waals surface area contributed by atoms with E-state index in [1.165, 1.54) is 11.0 Å². The van der Waals surface area contributed by atoms with Crippen LogP contribution in [0.3, 0.4) is 0 Å². The van der Waals surface area contributed by atoms with E-state index in [1.807, 2.05) is 0 Å². The van der Waals surface area contributed by atoms with Crippen molar-refractivity contribution in [1.29, 1.82) is 0 Å². The van der Waals surface area contributed by atoms with Crippen molar-refractivity contribution >= 4 is 17.7 Å². The molecule has 2 rings (SSSR count). The van der Waals surface area contributed by atoms with E-state index in [-0.39, 0.29) is 5.56 Å². The molecule has 1 aliphatic heterocycles. The zero-order valence-corrected chi connectivity index (χ0v) is 8.77. The maximum atomic E-state index is 11.4. The molecule has 0 aromatic heterocycles. The number of carbonyl (C=O) groups excluding carboxylic acids is 1. The number of carboxylic acid groups (broad SMARTS) is 1. The summed E-state index contributed by atoms with van der Waals surface area (Å²) < 4.78 is 4.81. The molecule has 16 heavy (non-hydrogen) atoms. The third-order valence-corrected chi connectivity index (χ3v) is 2.59. The van der Waals surface area contributed by atoms with Gasteiger partial charge >= 0.3 is 12.1 Å². The molecule has 1 aliphatic rings. The molecule has 1 fully saturated rings. The van der Waals surface area contributed by atoms with Crippen molar-refractivity contribution in [3.8, 4) is 0 Å². The summed E-state index contributed by atoms with van der Waals surface area (Å²) in [7, 11) is 0. The number of hydrogen-bond acceptors (Lipinski definition) is 3. The Morgan fingerprint density at radius 3 is 2.81 bits per heavy atom. The average Bonchev–Trinajstić information content (AvgIpc) is 2.64. The molecule has 0 saturated carbocycles. The van der Waals surface area contributed by atoms with Crippen LogP contribution >= 0.6 is 0 Å². The lowest BCUT2D eigenvalue weighted by Gasteiger charge is -2.16. The molecule has 84 valence electrons. The molecule has 0 unspecified atom stereocenters. The summed E-state index contributed by atoms with van der Waals surface area (Å²) in [6, 6.07) is 4.86. The molecule has 0 aliphatic carbocycles. The van der Waals surface area contributed by atoms with Crippen LogP contribution in [-0.2, 0) is 4.74 Å². The third kappa shape index (κ3) is 1.60. The van der Waals surface area contributed by atoms with Crippen molar-refractivity contribution in [2.24, 2.45) is 0 Å². The highest BCUT2D eigenvalue weighted by atomic mass is 16.6. The summed E-state index contributed by atoms with van der Waals surface area (Å²) in [6.45, 7) is 2.49. The number of rotatable bonds is 2. The van der Waals surface area contributed by atoms with Crippen molar-refractivity contribution in [3.05, 3.63) is 29.3 Å². The fourth-order valence-electron chi connectivity index (χ4n) is 1.76. The molecule has 1 N–H and O–H groups in total. The monoisotopic (exact) mass is 221 g/mol. The summed E-state index contributed by atoms with van der Waals surface area (Å²) >= 11 is 0. The van der Waals surface area contributed by atoms with Crippen LogP contribution in [0, 0.1) is 6.92 Å². The molecule has 5 heteroatoms. The number of cyclic esters (lactones) is 1. The van der Waals surface area contributed by atoms with Gasteiger partial charge in [0.2, 0.25) is 0 Å². The van der Waals surface area contributed by atoms with Gasteiger partial charge in [-0.2, -0.15) is 0 Å². The quantitative estimate of drug-likeness (QED) is 0.824. The summed E-state index contributed by atoms with van der Waals surface area (Å²) in [5.41, 5.74) is 1.38. The van der Waals surface area contributed by atoms with Crippen molar-refractivity contribution in [2.45, 2.75) is 6.92 Å². The fourth-order valence-corrected chi connectivity index (χ4v) is 1.76. The Balaban J connectivity index is 2.45. The van der Waals surface area contributed by atoms with Crippen LogP contribution in [0.5, 0.6) is 0 Å². The van der Waals surface area contributed by atoms with Crippen LogP contribution in [0.4, 0.5) is 10.5 Å². The summed E-state index contributed by atoms with van der Waals surface area (Å²) in [6.07, 6.45) is -0.425. The second kappa shape index (κ2) is 3.84. The van der Waals surface area contributed by atoms with Gasteiger partial charge < -0.3 is 9.84 Å². The Hall–Kier alpha value is -2.04. The SMILES string of the molecule is Cc1c(C(=O)O)cccc1N1CCOC1=O. The number of hydrogen-bond donors (Lipinski definition) is 1. The number of amides is 1. The molecule has 0 atom stereocenters. The number of ether oxygens (including phenoxy) is 1. The molecule has 1 saturated heterocycles. The Kier molecular flexibility index (Phi) is 2.52. The maximum absolute atomic E-state index is 11.4. The summed E-state index contributed by atoms with van der Waals surface area (Å²) in [4.78, 5) is 23.7. The number of carbonyl (C=O) groups is 2. The molecular formula is C11H11NO4. The number of aromatic carboxylic acids is 1. The minimum Gasteiger partial charge on any atom is -0.478 e. The van der Waals surface area contributed by atoms with E-state index in [1.54, 1.807) is 19.1 Å². The first-order valence-corrected chi connectivity index (χ1v) is 4.88. The molecule has 1 heterocycles. The van der Waals surface area contributed by atoms with Crippen LogP contribution in [0.15, 0.2) is 18.2 Å². The van der Waals surface area contributed by atoms with Gasteiger partial charge in [-0.1, -0.05) is 6.07 Å². The minimum atomic E-state index is -0.994. The van der Waals surface area contributed by atoms with Crippen molar-refractivity contribution in [1.82, 2.24) is 0 Å². The number of carboxylic acids is 1. The molecule has 0 bridgehead atoms. The van der Waals surface area contributed by atoms with E-state index in [2.05, 4.69) is 0 Å². The normalized spacial score (nSPS) is 15.1. The lowest BCUT2D eigenvalue weighted by Crippen LogP contribution is -2.24. The van der Waals surface area contributed by atoms with E-state index >= 15 is 0 Å². The van der Waals surface area contributed by atoms with Gasteiger partial charge in [0, 0.05) is 0 Å². The van der Waals surface area contributed by atoms with Gasteiger partial charge in [0.25, 0.3) is 0 Å². The van der Waals surface area contributed by atoms with Gasteiger partial charge in [0.05, 0.1) is 17.8 Å². The molecular weight excluding hydrogens is 210 g/mol. The van der Waals surface area contributed by atoms with Crippen LogP contribution in [0.1, 0.15) is 15.9 Å². The number of benzene rings is 1. The van der Waals surface area contributed by atoms with Crippen molar-refractivity contribution in [2.75, 3.05) is 18.1 Å². The highest BCUT2D eigenvalue weighted by Gasteiger charge is 2.26. The lowest BCUT2D eigenvalue weighted by atomic mass is 10.1. The smallest absolute Gasteiger partial charge is 0.414 e. The van der Waals surface area contributed by atoms with Crippen molar-refractivity contribution < 1.29 is 19.4 Å². The van der Waals surface area contributed by atoms with Crippen molar-refractivity contribution in [3.63, 3.8) is 0 Å². The molecule has 1 aromatic carbocycles. The van der Waals surface area contributed by atoms with Gasteiger partial charge in [-0.05, 0) is 24.6 Å². The van der Waals surface area contributed by atoms with Gasteiger partial charge in [-0.15, -0.1) is 0 Å². The Bertz CT molecular complexity index is 455. The number of anilines is 1. The maximum Gasteiger partial charge on any atom is 0.414 e. The average molecular weight is 221 g/mol. The van der Waals surface area contributed by atoms with E-state index in [4.69, 9.17) is 9.84 Å². The minimum absolute atomic E-state index is 0.206. The van der Waals surface area contributed by atoms with E-state index in [0.29, 0.717) is 24.4 Å². The van der Waals surface area contributed by atoms with Gasteiger partial charge in [-0.3, -0.25) is 4.90 Å². The molecule has 5 nitrogen and oxygen atoms in total. The van der Waals surface area contributed by atoms with E-state index in [9.17, 15) is 9.59 Å². The Morgan fingerprint density at radius 2 is 2.25 bits per heavy atom. The highest BCUT2D eigenvalue weighted by Crippen LogP contribution is 2.25. The topological polar surface area (TPSA) is 66.8 Å². The molecule has 1 amide bonds. The summed E-state index contributed by atoms with van der Waals surface area (Å²) in [5, 5.41) is 8.96. The Morgan fingerprint density at radius 1 is 1.50 bits per heavy atom. The van der Waals surface area contributed by atoms with Crippen LogP contribution in [-0.4, -0.2) is 30.3 Å². The second-order valence-electron chi connectivity index (χ2n) is 3.52. The zero-order valence-electron chi connectivity index (χ0n) is 8.77. The largest absolute Gasteiger partial charge is 0.478 e. The predicted molar refractivity (Wildman–Crippen MR) is 56.8 cm³/mol. The number of nitrogens with zero attached hydrogens (tertiary/aromatic N) is 1. The third-order valence-electron chi connectivity index (χ3n) is 2.59. The van der Waals surface area contributed by atoms with Gasteiger partial charge in [0.1, 0.15) is 6.61 Å².